The van der Waals surface area contributed by atoms with Crippen molar-refractivity contribution < 1.29 is 19.1 Å². The molecule has 0 unspecified atom stereocenters. The van der Waals surface area contributed by atoms with E-state index in [0.717, 1.165) is 10.4 Å². The Bertz CT molecular complexity index is 843. The van der Waals surface area contributed by atoms with Crippen molar-refractivity contribution in [3.8, 4) is 5.75 Å². The van der Waals surface area contributed by atoms with Crippen LogP contribution in [-0.2, 0) is 16.0 Å². The zero-order valence-corrected chi connectivity index (χ0v) is 15.0. The Morgan fingerprint density at radius 1 is 1.23 bits per heavy atom. The van der Waals surface area contributed by atoms with Crippen LogP contribution < -0.4 is 15.4 Å². The molecule has 1 aromatic heterocycles. The highest BCUT2D eigenvalue weighted by molar-refractivity contribution is 7.10. The van der Waals surface area contributed by atoms with Crippen molar-refractivity contribution in [2.24, 2.45) is 0 Å². The van der Waals surface area contributed by atoms with E-state index in [4.69, 9.17) is 4.74 Å². The van der Waals surface area contributed by atoms with E-state index in [1.54, 1.807) is 25.1 Å². The second-order valence-electron chi connectivity index (χ2n) is 6.15. The van der Waals surface area contributed by atoms with Gasteiger partial charge in [-0.2, -0.15) is 0 Å². The van der Waals surface area contributed by atoms with Gasteiger partial charge in [0.2, 0.25) is 0 Å². The van der Waals surface area contributed by atoms with Gasteiger partial charge in [0.25, 0.3) is 5.91 Å². The molecule has 3 amide bonds. The number of rotatable bonds is 6. The molecule has 1 aliphatic heterocycles. The number of thiophene rings is 1. The lowest BCUT2D eigenvalue weighted by Gasteiger charge is -2.20. The van der Waals surface area contributed by atoms with Crippen molar-refractivity contribution in [3.05, 3.63) is 58.3 Å². The normalized spacial score (nSPS) is 19.4. The Morgan fingerprint density at radius 3 is 2.62 bits per heavy atom. The Balaban J connectivity index is 1.53. The van der Waals surface area contributed by atoms with Crippen LogP contribution >= 0.6 is 11.3 Å². The summed E-state index contributed by atoms with van der Waals surface area (Å²) in [6.45, 7) is 1.70. The second kappa shape index (κ2) is 7.53. The molecule has 1 atom stereocenters. The van der Waals surface area contributed by atoms with Gasteiger partial charge in [-0.05, 0) is 55.0 Å². The maximum atomic E-state index is 11.8. The molecular weight excluding hydrogens is 352 g/mol. The molecular formula is C19H18N2O4S. The van der Waals surface area contributed by atoms with Gasteiger partial charge < -0.3 is 10.1 Å². The topological polar surface area (TPSA) is 84.5 Å². The molecule has 7 heteroatoms. The Morgan fingerprint density at radius 2 is 2.00 bits per heavy atom. The Hall–Kier alpha value is -2.93. The standard InChI is InChI=1S/C19H18N2O4S/c1-19(17(23)20-18(24)21-19)11-10-13-4-6-14(7-5-13)25-16(22)9-8-15-3-2-12-26-15/h2-9,12H,10-11H2,1H3,(H2,20,21,23,24)/b9-8+/t19-/m1/s1. The monoisotopic (exact) mass is 370 g/mol. The molecule has 6 nitrogen and oxygen atoms in total. The number of hydrogen-bond acceptors (Lipinski definition) is 5. The molecule has 134 valence electrons. The summed E-state index contributed by atoms with van der Waals surface area (Å²) in [5.74, 6) is -0.303. The van der Waals surface area contributed by atoms with E-state index in [-0.39, 0.29) is 5.91 Å². The third kappa shape index (κ3) is 4.37. The van der Waals surface area contributed by atoms with Crippen LogP contribution in [0.15, 0.2) is 47.9 Å². The first-order valence-corrected chi connectivity index (χ1v) is 8.98. The number of ether oxygens (including phenoxy) is 1. The lowest BCUT2D eigenvalue weighted by molar-refractivity contribution is -0.129. The zero-order valence-electron chi connectivity index (χ0n) is 14.2. The first-order chi connectivity index (χ1) is 12.4. The van der Waals surface area contributed by atoms with Crippen molar-refractivity contribution in [2.75, 3.05) is 0 Å². The molecule has 1 aromatic carbocycles. The highest BCUT2D eigenvalue weighted by Gasteiger charge is 2.41. The van der Waals surface area contributed by atoms with Crippen LogP contribution in [0.1, 0.15) is 23.8 Å². The molecule has 0 radical (unpaired) electrons. The van der Waals surface area contributed by atoms with Crippen LogP contribution in [0.25, 0.3) is 6.08 Å². The van der Waals surface area contributed by atoms with Gasteiger partial charge in [0.05, 0.1) is 0 Å². The average molecular weight is 370 g/mol. The van der Waals surface area contributed by atoms with Crippen molar-refractivity contribution in [1.29, 1.82) is 0 Å². The van der Waals surface area contributed by atoms with E-state index in [0.29, 0.717) is 18.6 Å². The van der Waals surface area contributed by atoms with Crippen molar-refractivity contribution >= 4 is 35.3 Å². The maximum absolute atomic E-state index is 11.8. The van der Waals surface area contributed by atoms with Gasteiger partial charge in [-0.25, -0.2) is 9.59 Å². The van der Waals surface area contributed by atoms with Gasteiger partial charge >= 0.3 is 12.0 Å². The summed E-state index contributed by atoms with van der Waals surface area (Å²) in [4.78, 5) is 35.8. The molecule has 0 saturated carbocycles. The number of aryl methyl sites for hydroxylation is 1. The first-order valence-electron chi connectivity index (χ1n) is 8.10. The quantitative estimate of drug-likeness (QED) is 0.354. The summed E-state index contributed by atoms with van der Waals surface area (Å²) in [6, 6.07) is 10.5. The van der Waals surface area contributed by atoms with Gasteiger partial charge in [0.15, 0.2) is 0 Å². The molecule has 2 N–H and O–H groups in total. The van der Waals surface area contributed by atoms with Gasteiger partial charge in [0, 0.05) is 11.0 Å². The van der Waals surface area contributed by atoms with Crippen LogP contribution in [0.2, 0.25) is 0 Å². The average Bonchev–Trinajstić information content (AvgIpc) is 3.21. The molecule has 2 heterocycles. The smallest absolute Gasteiger partial charge is 0.336 e. The van der Waals surface area contributed by atoms with Crippen molar-refractivity contribution in [1.82, 2.24) is 10.6 Å². The predicted molar refractivity (Wildman–Crippen MR) is 98.8 cm³/mol. The number of imide groups is 1. The molecule has 1 saturated heterocycles. The Labute approximate surface area is 154 Å². The minimum absolute atomic E-state index is 0.314. The summed E-state index contributed by atoms with van der Waals surface area (Å²) in [5, 5.41) is 6.82. The largest absolute Gasteiger partial charge is 0.423 e. The van der Waals surface area contributed by atoms with Crippen LogP contribution in [0, 0.1) is 0 Å². The second-order valence-corrected chi connectivity index (χ2v) is 7.13. The lowest BCUT2D eigenvalue weighted by Crippen LogP contribution is -2.43. The van der Waals surface area contributed by atoms with Crippen molar-refractivity contribution in [3.63, 3.8) is 0 Å². The summed E-state index contributed by atoms with van der Waals surface area (Å²) in [5.41, 5.74) is 0.0866. The fraction of sp³-hybridized carbons (Fsp3) is 0.211. The van der Waals surface area contributed by atoms with Crippen LogP contribution in [0.3, 0.4) is 0 Å². The molecule has 2 aromatic rings. The fourth-order valence-corrected chi connectivity index (χ4v) is 3.18. The van der Waals surface area contributed by atoms with Crippen molar-refractivity contribution in [2.45, 2.75) is 25.3 Å². The first kappa shape index (κ1) is 17.9. The molecule has 26 heavy (non-hydrogen) atoms. The number of benzene rings is 1. The molecule has 0 aliphatic carbocycles. The summed E-state index contributed by atoms with van der Waals surface area (Å²) < 4.78 is 5.25. The third-order valence-electron chi connectivity index (χ3n) is 4.10. The highest BCUT2D eigenvalue weighted by Crippen LogP contribution is 2.20. The van der Waals surface area contributed by atoms with E-state index < -0.39 is 17.5 Å². The van der Waals surface area contributed by atoms with Crippen LogP contribution in [-0.4, -0.2) is 23.4 Å². The SMILES string of the molecule is C[C@]1(CCc2ccc(OC(=O)/C=C/c3cccs3)cc2)NC(=O)NC1=O. The number of urea groups is 1. The van der Waals surface area contributed by atoms with Gasteiger partial charge in [0.1, 0.15) is 11.3 Å². The number of hydrogen-bond donors (Lipinski definition) is 2. The van der Waals surface area contributed by atoms with E-state index >= 15 is 0 Å². The minimum atomic E-state index is -0.894. The number of nitrogens with one attached hydrogen (secondary N) is 2. The fourth-order valence-electron chi connectivity index (χ4n) is 2.56. The number of carbonyl (C=O) groups excluding carboxylic acids is 3. The number of carbonyl (C=O) groups is 3. The molecule has 0 spiro atoms. The summed E-state index contributed by atoms with van der Waals surface area (Å²) in [6.07, 6.45) is 4.19. The predicted octanol–water partition coefficient (Wildman–Crippen LogP) is 2.90. The third-order valence-corrected chi connectivity index (χ3v) is 4.94. The highest BCUT2D eigenvalue weighted by atomic mass is 32.1. The summed E-state index contributed by atoms with van der Waals surface area (Å²) in [7, 11) is 0. The van der Waals surface area contributed by atoms with Gasteiger partial charge in [-0.1, -0.05) is 18.2 Å². The summed E-state index contributed by atoms with van der Waals surface area (Å²) >= 11 is 1.54. The minimum Gasteiger partial charge on any atom is -0.423 e. The van der Waals surface area contributed by atoms with Gasteiger partial charge in [-0.15, -0.1) is 11.3 Å². The number of amides is 3. The molecule has 1 fully saturated rings. The van der Waals surface area contributed by atoms with E-state index in [1.807, 2.05) is 29.6 Å². The maximum Gasteiger partial charge on any atom is 0.336 e. The van der Waals surface area contributed by atoms with Gasteiger partial charge in [-0.3, -0.25) is 10.1 Å². The molecule has 0 bridgehead atoms. The van der Waals surface area contributed by atoms with E-state index in [2.05, 4.69) is 10.6 Å². The zero-order chi connectivity index (χ0) is 18.6. The van der Waals surface area contributed by atoms with Crippen LogP contribution in [0.4, 0.5) is 4.79 Å². The van der Waals surface area contributed by atoms with E-state index in [9.17, 15) is 14.4 Å². The Kier molecular flexibility index (Phi) is 5.18. The molecule has 3 rings (SSSR count). The van der Waals surface area contributed by atoms with Crippen LogP contribution in [0.5, 0.6) is 5.75 Å². The number of esters is 1. The molecule has 1 aliphatic rings. The lowest BCUT2D eigenvalue weighted by atomic mass is 9.93. The van der Waals surface area contributed by atoms with E-state index in [1.165, 1.54) is 17.4 Å².